The van der Waals surface area contributed by atoms with Crippen LogP contribution in [0.1, 0.15) is 18.7 Å². The Hall–Kier alpha value is -2.59. The highest BCUT2D eigenvalue weighted by Gasteiger charge is 2.53. The van der Waals surface area contributed by atoms with Crippen molar-refractivity contribution in [2.75, 3.05) is 5.73 Å². The second kappa shape index (κ2) is 6.24. The van der Waals surface area contributed by atoms with Crippen molar-refractivity contribution in [2.45, 2.75) is 37.1 Å². The van der Waals surface area contributed by atoms with Gasteiger partial charge in [0.2, 0.25) is 0 Å². The lowest BCUT2D eigenvalue weighted by atomic mass is 9.86. The van der Waals surface area contributed by atoms with E-state index in [1.807, 2.05) is 0 Å². The Morgan fingerprint density at radius 2 is 1.93 bits per heavy atom. The van der Waals surface area contributed by atoms with Crippen LogP contribution in [-0.4, -0.2) is 48.2 Å². The Balaban J connectivity index is 1.72. The fourth-order valence-electron chi connectivity index (χ4n) is 3.57. The molecule has 4 rings (SSSR count). The van der Waals surface area contributed by atoms with Crippen molar-refractivity contribution in [3.05, 3.63) is 54.2 Å². The molecule has 5 N–H and O–H groups in total. The number of halogens is 1. The second-order valence-corrected chi connectivity index (χ2v) is 6.77. The van der Waals surface area contributed by atoms with Crippen LogP contribution >= 0.6 is 0 Å². The number of fused-ring (bicyclic) bond motifs is 1. The first kappa shape index (κ1) is 17.8. The molecule has 0 bridgehead atoms. The number of ether oxygens (including phenoxy) is 1. The van der Waals surface area contributed by atoms with E-state index in [1.165, 1.54) is 36.0 Å². The number of aliphatic hydroxyl groups is 3. The quantitative estimate of drug-likeness (QED) is 0.531. The zero-order valence-corrected chi connectivity index (χ0v) is 14.4. The number of nitrogens with zero attached hydrogens (tertiary/aromatic N) is 3. The molecule has 1 aliphatic rings. The number of rotatable bonds is 3. The molecular weight excluding hydrogens is 355 g/mol. The zero-order chi connectivity index (χ0) is 19.3. The summed E-state index contributed by atoms with van der Waals surface area (Å²) in [6.07, 6.45) is -2.28. The summed E-state index contributed by atoms with van der Waals surface area (Å²) in [5.41, 5.74) is 4.31. The number of nitrogens with two attached hydrogens (primary N) is 1. The van der Waals surface area contributed by atoms with E-state index in [0.29, 0.717) is 11.0 Å². The highest BCUT2D eigenvalue weighted by molar-refractivity contribution is 5.86. The van der Waals surface area contributed by atoms with Crippen LogP contribution in [0.4, 0.5) is 10.2 Å². The van der Waals surface area contributed by atoms with Crippen LogP contribution in [-0.2, 0) is 10.3 Å². The van der Waals surface area contributed by atoms with Crippen molar-refractivity contribution in [2.24, 2.45) is 0 Å². The van der Waals surface area contributed by atoms with E-state index in [-0.39, 0.29) is 11.4 Å². The van der Waals surface area contributed by atoms with Gasteiger partial charge in [-0.1, -0.05) is 18.2 Å². The minimum Gasteiger partial charge on any atom is -0.387 e. The monoisotopic (exact) mass is 374 g/mol. The number of benzene rings is 1. The van der Waals surface area contributed by atoms with Crippen LogP contribution in [0.5, 0.6) is 0 Å². The van der Waals surface area contributed by atoms with E-state index in [4.69, 9.17) is 10.5 Å². The van der Waals surface area contributed by atoms with Gasteiger partial charge in [-0.2, -0.15) is 0 Å². The van der Waals surface area contributed by atoms with Crippen molar-refractivity contribution in [3.8, 4) is 0 Å². The molecule has 9 heteroatoms. The molecule has 1 aromatic carbocycles. The van der Waals surface area contributed by atoms with E-state index in [1.54, 1.807) is 18.3 Å². The van der Waals surface area contributed by atoms with E-state index in [2.05, 4.69) is 9.97 Å². The van der Waals surface area contributed by atoms with Gasteiger partial charge in [0.1, 0.15) is 47.5 Å². The average molecular weight is 374 g/mol. The topological polar surface area (TPSA) is 127 Å². The summed E-state index contributed by atoms with van der Waals surface area (Å²) < 4.78 is 21.5. The van der Waals surface area contributed by atoms with E-state index in [9.17, 15) is 19.7 Å². The molecular formula is C18H19FN4O4. The number of hydrogen-bond acceptors (Lipinski definition) is 7. The molecule has 2 unspecified atom stereocenters. The first-order valence-electron chi connectivity index (χ1n) is 8.38. The SMILES string of the molecule is CC(O)(c1ccccc1F)C1O[C@@H](n2ccc3c(N)ncnc32)[C@H](O)[C@@H]1O. The minimum atomic E-state index is -1.88. The van der Waals surface area contributed by atoms with Gasteiger partial charge >= 0.3 is 0 Å². The highest BCUT2D eigenvalue weighted by atomic mass is 19.1. The predicted octanol–water partition coefficient (Wildman–Crippen LogP) is 0.679. The first-order valence-corrected chi connectivity index (χ1v) is 8.38. The average Bonchev–Trinajstić information content (AvgIpc) is 3.18. The summed E-state index contributed by atoms with van der Waals surface area (Å²) in [5, 5.41) is 32.5. The number of hydrogen-bond donors (Lipinski definition) is 4. The molecule has 2 aromatic heterocycles. The Bertz CT molecular complexity index is 992. The number of anilines is 1. The third-order valence-corrected chi connectivity index (χ3v) is 5.03. The molecule has 3 heterocycles. The standard InChI is InChI=1S/C18H19FN4O4/c1-18(26,10-4-2-3-5-11(10)19)14-12(24)13(25)17(27-14)23-7-6-9-15(20)21-8-22-16(9)23/h2-8,12-14,17,24-26H,1H3,(H2,20,21,22)/t12-,13+,14?,17+,18?/m0/s1. The molecule has 1 aliphatic heterocycles. The lowest BCUT2D eigenvalue weighted by Crippen LogP contribution is -2.45. The second-order valence-electron chi connectivity index (χ2n) is 6.77. The Morgan fingerprint density at radius 1 is 1.19 bits per heavy atom. The van der Waals surface area contributed by atoms with Gasteiger partial charge in [0.25, 0.3) is 0 Å². The summed E-state index contributed by atoms with van der Waals surface area (Å²) in [6, 6.07) is 7.34. The molecule has 0 radical (unpaired) electrons. The molecule has 8 nitrogen and oxygen atoms in total. The van der Waals surface area contributed by atoms with Crippen molar-refractivity contribution < 1.29 is 24.4 Å². The maximum Gasteiger partial charge on any atom is 0.164 e. The highest BCUT2D eigenvalue weighted by Crippen LogP contribution is 2.41. The lowest BCUT2D eigenvalue weighted by Gasteiger charge is -2.32. The molecule has 1 fully saturated rings. The molecule has 142 valence electrons. The van der Waals surface area contributed by atoms with Gasteiger partial charge in [0.05, 0.1) is 5.39 Å². The van der Waals surface area contributed by atoms with E-state index >= 15 is 0 Å². The zero-order valence-electron chi connectivity index (χ0n) is 14.4. The normalized spacial score (nSPS) is 27.7. The van der Waals surface area contributed by atoms with Gasteiger partial charge in [0, 0.05) is 11.8 Å². The molecule has 0 spiro atoms. The smallest absolute Gasteiger partial charge is 0.164 e. The van der Waals surface area contributed by atoms with Crippen molar-refractivity contribution >= 4 is 16.9 Å². The van der Waals surface area contributed by atoms with E-state index < -0.39 is 36.0 Å². The van der Waals surface area contributed by atoms with Crippen LogP contribution in [0.15, 0.2) is 42.9 Å². The molecule has 5 atom stereocenters. The number of aliphatic hydroxyl groups excluding tert-OH is 2. The molecule has 0 aliphatic carbocycles. The number of aromatic nitrogens is 3. The van der Waals surface area contributed by atoms with Gasteiger partial charge in [-0.3, -0.25) is 0 Å². The Morgan fingerprint density at radius 3 is 2.67 bits per heavy atom. The van der Waals surface area contributed by atoms with Crippen LogP contribution in [0.2, 0.25) is 0 Å². The lowest BCUT2D eigenvalue weighted by molar-refractivity contribution is -0.137. The third-order valence-electron chi connectivity index (χ3n) is 5.03. The molecule has 0 saturated carbocycles. The summed E-state index contributed by atoms with van der Waals surface area (Å²) >= 11 is 0. The molecule has 1 saturated heterocycles. The fraction of sp³-hybridized carbons (Fsp3) is 0.333. The molecule has 0 amide bonds. The van der Waals surface area contributed by atoms with Crippen LogP contribution in [0.25, 0.3) is 11.0 Å². The van der Waals surface area contributed by atoms with Gasteiger partial charge < -0.3 is 30.4 Å². The van der Waals surface area contributed by atoms with E-state index in [0.717, 1.165) is 0 Å². The van der Waals surface area contributed by atoms with Crippen molar-refractivity contribution in [1.29, 1.82) is 0 Å². The Labute approximate surface area is 153 Å². The van der Waals surface area contributed by atoms with Crippen molar-refractivity contribution in [3.63, 3.8) is 0 Å². The van der Waals surface area contributed by atoms with Gasteiger partial charge in [-0.05, 0) is 19.1 Å². The largest absolute Gasteiger partial charge is 0.387 e. The van der Waals surface area contributed by atoms with Crippen LogP contribution < -0.4 is 5.73 Å². The maximum absolute atomic E-state index is 14.2. The molecule has 3 aromatic rings. The first-order chi connectivity index (χ1) is 12.8. The molecule has 27 heavy (non-hydrogen) atoms. The van der Waals surface area contributed by atoms with Crippen LogP contribution in [0, 0.1) is 5.82 Å². The van der Waals surface area contributed by atoms with Crippen molar-refractivity contribution in [1.82, 2.24) is 14.5 Å². The predicted molar refractivity (Wildman–Crippen MR) is 93.8 cm³/mol. The summed E-state index contributed by atoms with van der Waals surface area (Å²) in [6.45, 7) is 1.34. The minimum absolute atomic E-state index is 0.0363. The summed E-state index contributed by atoms with van der Waals surface area (Å²) in [7, 11) is 0. The summed E-state index contributed by atoms with van der Waals surface area (Å²) in [4.78, 5) is 8.05. The van der Waals surface area contributed by atoms with Gasteiger partial charge in [-0.15, -0.1) is 0 Å². The van der Waals surface area contributed by atoms with Gasteiger partial charge in [0.15, 0.2) is 6.23 Å². The number of nitrogen functional groups attached to an aromatic ring is 1. The Kier molecular flexibility index (Phi) is 4.11. The maximum atomic E-state index is 14.2. The van der Waals surface area contributed by atoms with Crippen LogP contribution in [0.3, 0.4) is 0 Å². The summed E-state index contributed by atoms with van der Waals surface area (Å²) in [5.74, 6) is -0.371. The van der Waals surface area contributed by atoms with Gasteiger partial charge in [-0.25, -0.2) is 14.4 Å². The third kappa shape index (κ3) is 2.67. The fourth-order valence-corrected chi connectivity index (χ4v) is 3.57.